The standard InChI is InChI=1S/C33H35F2N7O3/c1-7-23(43)40-13-14-41-21(16-40)17-45-30-25-31(41)38-33(44)42(29-19(4)11-12-36-27(29)18(2)3)32(25)37-28(26(30)35)24-20(15-39(5)6)9-8-10-22(24)34/h7-12,18,21H,1,13-17H2,2-6H3/t21-/m1/s1. The number of carbonyl (C=O) groups is 1. The molecule has 2 aliphatic heterocycles. The van der Waals surface area contributed by atoms with E-state index in [2.05, 4.69) is 16.5 Å². The van der Waals surface area contributed by atoms with Crippen LogP contribution in [0.3, 0.4) is 0 Å². The summed E-state index contributed by atoms with van der Waals surface area (Å²) in [5.74, 6) is -1.78. The number of aryl methyl sites for hydroxylation is 1. The maximum Gasteiger partial charge on any atom is 0.355 e. The molecule has 0 aliphatic carbocycles. The van der Waals surface area contributed by atoms with Crippen molar-refractivity contribution in [2.45, 2.75) is 39.3 Å². The lowest BCUT2D eigenvalue weighted by molar-refractivity contribution is -0.126. The Labute approximate surface area is 259 Å². The first-order chi connectivity index (χ1) is 21.5. The molecule has 1 aromatic carbocycles. The number of halogens is 2. The molecule has 1 saturated heterocycles. The Kier molecular flexibility index (Phi) is 7.86. The van der Waals surface area contributed by atoms with Gasteiger partial charge in [-0.15, -0.1) is 0 Å². The van der Waals surface area contributed by atoms with Gasteiger partial charge >= 0.3 is 5.69 Å². The zero-order valence-electron chi connectivity index (χ0n) is 26.0. The van der Waals surface area contributed by atoms with Crippen LogP contribution < -0.4 is 15.3 Å². The van der Waals surface area contributed by atoms with E-state index in [-0.39, 0.29) is 58.8 Å². The van der Waals surface area contributed by atoms with Crippen molar-refractivity contribution in [3.05, 3.63) is 82.1 Å². The average molecular weight is 616 g/mol. The van der Waals surface area contributed by atoms with Crippen molar-refractivity contribution in [2.24, 2.45) is 0 Å². The monoisotopic (exact) mass is 615 g/mol. The summed E-state index contributed by atoms with van der Waals surface area (Å²) in [6.45, 7) is 10.6. The molecule has 0 bridgehead atoms. The minimum absolute atomic E-state index is 0.00800. The molecule has 0 unspecified atom stereocenters. The first-order valence-corrected chi connectivity index (χ1v) is 14.9. The van der Waals surface area contributed by atoms with Gasteiger partial charge < -0.3 is 19.4 Å². The zero-order valence-corrected chi connectivity index (χ0v) is 26.0. The summed E-state index contributed by atoms with van der Waals surface area (Å²) in [6, 6.07) is 5.90. The molecular weight excluding hydrogens is 580 g/mol. The Bertz CT molecular complexity index is 1910. The fourth-order valence-electron chi connectivity index (χ4n) is 6.27. The van der Waals surface area contributed by atoms with Gasteiger partial charge in [0, 0.05) is 37.9 Å². The number of benzene rings is 1. The molecule has 3 aromatic heterocycles. The molecule has 2 aliphatic rings. The quantitative estimate of drug-likeness (QED) is 0.298. The summed E-state index contributed by atoms with van der Waals surface area (Å²) < 4.78 is 40.1. The molecule has 0 N–H and O–H groups in total. The van der Waals surface area contributed by atoms with E-state index >= 15 is 8.78 Å². The summed E-state index contributed by atoms with van der Waals surface area (Å²) >= 11 is 0. The van der Waals surface area contributed by atoms with Crippen molar-refractivity contribution < 1.29 is 18.3 Å². The van der Waals surface area contributed by atoms with Gasteiger partial charge in [0.25, 0.3) is 0 Å². The summed E-state index contributed by atoms with van der Waals surface area (Å²) in [5.41, 5.74) is 1.53. The number of piperazine rings is 1. The van der Waals surface area contributed by atoms with Crippen LogP contribution in [-0.2, 0) is 11.3 Å². The Morgan fingerprint density at radius 2 is 1.98 bits per heavy atom. The zero-order chi connectivity index (χ0) is 32.2. The summed E-state index contributed by atoms with van der Waals surface area (Å²) in [6.07, 6.45) is 2.92. The maximum atomic E-state index is 16.8. The molecule has 4 aromatic rings. The van der Waals surface area contributed by atoms with E-state index in [9.17, 15) is 9.59 Å². The van der Waals surface area contributed by atoms with E-state index in [4.69, 9.17) is 9.72 Å². The van der Waals surface area contributed by atoms with Crippen LogP contribution in [0.4, 0.5) is 14.6 Å². The molecular formula is C33H35F2N7O3. The Hall–Kier alpha value is -4.71. The lowest BCUT2D eigenvalue weighted by Gasteiger charge is -2.40. The second kappa shape index (κ2) is 11.7. The SMILES string of the molecule is C=CC(=O)N1CCN2c3nc(=O)n(-c4c(C)ccnc4C(C)C)c4nc(-c5c(F)cccc5CN(C)C)c(F)c(c34)OC[C@H]2C1. The highest BCUT2D eigenvalue weighted by atomic mass is 19.1. The summed E-state index contributed by atoms with van der Waals surface area (Å²) in [7, 11) is 3.67. The van der Waals surface area contributed by atoms with E-state index in [1.807, 2.05) is 44.7 Å². The van der Waals surface area contributed by atoms with Gasteiger partial charge in [0.1, 0.15) is 29.3 Å². The van der Waals surface area contributed by atoms with Crippen LogP contribution in [0, 0.1) is 18.6 Å². The number of amides is 1. The molecule has 45 heavy (non-hydrogen) atoms. The number of ether oxygens (including phenoxy) is 1. The van der Waals surface area contributed by atoms with Crippen LogP contribution >= 0.6 is 0 Å². The normalized spacial score (nSPS) is 16.2. The number of fused-ring (bicyclic) bond motifs is 2. The van der Waals surface area contributed by atoms with E-state index in [0.717, 1.165) is 5.56 Å². The van der Waals surface area contributed by atoms with Crippen molar-refractivity contribution in [1.82, 2.24) is 29.3 Å². The van der Waals surface area contributed by atoms with Crippen LogP contribution in [0.5, 0.6) is 5.75 Å². The molecule has 0 saturated carbocycles. The van der Waals surface area contributed by atoms with Crippen LogP contribution in [0.25, 0.3) is 28.0 Å². The van der Waals surface area contributed by atoms with Gasteiger partial charge in [-0.25, -0.2) is 23.1 Å². The lowest BCUT2D eigenvalue weighted by atomic mass is 10.0. The molecule has 0 spiro atoms. The van der Waals surface area contributed by atoms with E-state index < -0.39 is 23.4 Å². The van der Waals surface area contributed by atoms with E-state index in [1.54, 1.807) is 29.3 Å². The second-order valence-corrected chi connectivity index (χ2v) is 12.0. The van der Waals surface area contributed by atoms with Crippen LogP contribution in [0.1, 0.15) is 36.6 Å². The molecule has 234 valence electrons. The predicted octanol–water partition coefficient (Wildman–Crippen LogP) is 4.21. The third-order valence-corrected chi connectivity index (χ3v) is 8.31. The van der Waals surface area contributed by atoms with Crippen LogP contribution in [0.15, 0.2) is 47.9 Å². The predicted molar refractivity (Wildman–Crippen MR) is 168 cm³/mol. The number of nitrogens with zero attached hydrogens (tertiary/aromatic N) is 7. The highest BCUT2D eigenvalue weighted by Gasteiger charge is 2.38. The average Bonchev–Trinajstić information content (AvgIpc) is 3.16. The highest BCUT2D eigenvalue weighted by molar-refractivity contribution is 5.97. The number of hydrogen-bond donors (Lipinski definition) is 0. The number of anilines is 1. The third-order valence-electron chi connectivity index (χ3n) is 8.31. The molecule has 12 heteroatoms. The number of carbonyl (C=O) groups excluding carboxylic acids is 1. The summed E-state index contributed by atoms with van der Waals surface area (Å²) in [4.78, 5) is 45.8. The van der Waals surface area contributed by atoms with Crippen molar-refractivity contribution in [3.63, 3.8) is 0 Å². The van der Waals surface area contributed by atoms with Crippen molar-refractivity contribution in [3.8, 4) is 22.7 Å². The Morgan fingerprint density at radius 1 is 1.20 bits per heavy atom. The van der Waals surface area contributed by atoms with E-state index in [0.29, 0.717) is 36.6 Å². The van der Waals surface area contributed by atoms with Gasteiger partial charge in [0.2, 0.25) is 5.91 Å². The molecule has 10 nitrogen and oxygen atoms in total. The van der Waals surface area contributed by atoms with Gasteiger partial charge in [-0.1, -0.05) is 32.6 Å². The van der Waals surface area contributed by atoms with Crippen molar-refractivity contribution in [2.75, 3.05) is 45.2 Å². The highest BCUT2D eigenvalue weighted by Crippen LogP contribution is 2.43. The first kappa shape index (κ1) is 30.3. The van der Waals surface area contributed by atoms with Gasteiger partial charge in [-0.2, -0.15) is 4.98 Å². The van der Waals surface area contributed by atoms with Gasteiger partial charge in [-0.05, 0) is 56.3 Å². The number of aromatic nitrogens is 4. The van der Waals surface area contributed by atoms with E-state index in [1.165, 1.54) is 16.7 Å². The second-order valence-electron chi connectivity index (χ2n) is 12.0. The third kappa shape index (κ3) is 5.12. The maximum absolute atomic E-state index is 16.8. The Morgan fingerprint density at radius 3 is 2.69 bits per heavy atom. The Balaban J connectivity index is 1.71. The van der Waals surface area contributed by atoms with Crippen LogP contribution in [0.2, 0.25) is 0 Å². The topological polar surface area (TPSA) is 96.7 Å². The number of pyridine rings is 2. The smallest absolute Gasteiger partial charge is 0.355 e. The molecule has 0 radical (unpaired) electrons. The van der Waals surface area contributed by atoms with Crippen LogP contribution in [-0.4, -0.2) is 81.6 Å². The molecule has 6 rings (SSSR count). The molecule has 1 amide bonds. The van der Waals surface area contributed by atoms with Crippen molar-refractivity contribution in [1.29, 1.82) is 0 Å². The molecule has 5 heterocycles. The number of rotatable bonds is 6. The number of hydrogen-bond acceptors (Lipinski definition) is 8. The summed E-state index contributed by atoms with van der Waals surface area (Å²) in [5, 5.41) is 0.199. The largest absolute Gasteiger partial charge is 0.487 e. The minimum Gasteiger partial charge on any atom is -0.487 e. The molecule has 1 atom stereocenters. The first-order valence-electron chi connectivity index (χ1n) is 14.9. The lowest BCUT2D eigenvalue weighted by Crippen LogP contribution is -2.56. The van der Waals surface area contributed by atoms with Crippen molar-refractivity contribution >= 4 is 22.8 Å². The van der Waals surface area contributed by atoms with Gasteiger partial charge in [0.15, 0.2) is 17.2 Å². The minimum atomic E-state index is -0.855. The van der Waals surface area contributed by atoms with Gasteiger partial charge in [-0.3, -0.25) is 9.78 Å². The molecule has 1 fully saturated rings. The fraction of sp³-hybridized carbons (Fsp3) is 0.364. The fourth-order valence-corrected chi connectivity index (χ4v) is 6.27. The van der Waals surface area contributed by atoms with Gasteiger partial charge in [0.05, 0.1) is 17.4 Å².